The van der Waals surface area contributed by atoms with Crippen LogP contribution in [0.2, 0.25) is 0 Å². The maximum Gasteiger partial charge on any atom is 0.350 e. The maximum absolute atomic E-state index is 13.3. The molecule has 0 bridgehead atoms. The Bertz CT molecular complexity index is 457. The summed E-state index contributed by atoms with van der Waals surface area (Å²) in [6, 6.07) is 0. The van der Waals surface area contributed by atoms with Crippen LogP contribution in [0.25, 0.3) is 0 Å². The standard InChI is InChI=1S/C16H26F4O4/c1-7-13(2,3)11(21)24-14(4,12(22)23-6)9-8-10-16(19,20)15(5,17)18/h7-10H2,1-6H3. The number of alkyl halides is 4. The highest BCUT2D eigenvalue weighted by atomic mass is 19.3. The van der Waals surface area contributed by atoms with Crippen molar-refractivity contribution in [2.75, 3.05) is 7.11 Å². The van der Waals surface area contributed by atoms with Crippen molar-refractivity contribution in [3.63, 3.8) is 0 Å². The molecule has 8 heteroatoms. The van der Waals surface area contributed by atoms with Crippen LogP contribution in [0.3, 0.4) is 0 Å². The molecule has 0 aromatic rings. The van der Waals surface area contributed by atoms with E-state index in [0.717, 1.165) is 7.11 Å². The first-order chi connectivity index (χ1) is 10.6. The van der Waals surface area contributed by atoms with Gasteiger partial charge in [-0.05, 0) is 40.0 Å². The van der Waals surface area contributed by atoms with Crippen LogP contribution in [0.1, 0.15) is 60.3 Å². The van der Waals surface area contributed by atoms with Crippen LogP contribution in [0, 0.1) is 5.41 Å². The van der Waals surface area contributed by atoms with Gasteiger partial charge >= 0.3 is 23.8 Å². The van der Waals surface area contributed by atoms with E-state index in [1.165, 1.54) is 6.92 Å². The minimum absolute atomic E-state index is 0.135. The quantitative estimate of drug-likeness (QED) is 0.454. The lowest BCUT2D eigenvalue weighted by Gasteiger charge is -2.32. The van der Waals surface area contributed by atoms with Gasteiger partial charge in [-0.3, -0.25) is 4.79 Å². The Hall–Kier alpha value is -1.34. The van der Waals surface area contributed by atoms with Crippen LogP contribution < -0.4 is 0 Å². The molecule has 4 nitrogen and oxygen atoms in total. The Balaban J connectivity index is 5.09. The fourth-order valence-electron chi connectivity index (χ4n) is 1.76. The zero-order chi connectivity index (χ0) is 19.4. The van der Waals surface area contributed by atoms with Gasteiger partial charge in [0.1, 0.15) is 0 Å². The summed E-state index contributed by atoms with van der Waals surface area (Å²) in [5.41, 5.74) is -2.69. The van der Waals surface area contributed by atoms with Crippen LogP contribution in [0.15, 0.2) is 0 Å². The highest BCUT2D eigenvalue weighted by Crippen LogP contribution is 2.38. The minimum Gasteiger partial charge on any atom is -0.466 e. The molecule has 0 amide bonds. The number of carbonyl (C=O) groups is 2. The predicted molar refractivity (Wildman–Crippen MR) is 80.0 cm³/mol. The molecule has 0 heterocycles. The van der Waals surface area contributed by atoms with E-state index in [2.05, 4.69) is 4.74 Å². The summed E-state index contributed by atoms with van der Waals surface area (Å²) in [7, 11) is 1.06. The molecule has 0 spiro atoms. The van der Waals surface area contributed by atoms with Crippen molar-refractivity contribution in [2.45, 2.75) is 77.7 Å². The predicted octanol–water partition coefficient (Wildman–Crippen LogP) is 4.36. The van der Waals surface area contributed by atoms with Gasteiger partial charge in [0.15, 0.2) is 0 Å². The molecule has 0 saturated carbocycles. The van der Waals surface area contributed by atoms with Gasteiger partial charge in [0.05, 0.1) is 12.5 Å². The minimum atomic E-state index is -4.21. The Morgan fingerprint density at radius 3 is 1.79 bits per heavy atom. The summed E-state index contributed by atoms with van der Waals surface area (Å²) in [6.45, 7) is 6.33. The molecule has 24 heavy (non-hydrogen) atoms. The summed E-state index contributed by atoms with van der Waals surface area (Å²) < 4.78 is 62.1. The van der Waals surface area contributed by atoms with E-state index in [1.54, 1.807) is 20.8 Å². The Morgan fingerprint density at radius 2 is 1.42 bits per heavy atom. The number of carbonyl (C=O) groups excluding carboxylic acids is 2. The zero-order valence-corrected chi connectivity index (χ0v) is 15.0. The molecule has 0 aliphatic heterocycles. The van der Waals surface area contributed by atoms with Crippen LogP contribution in [0.4, 0.5) is 17.6 Å². The monoisotopic (exact) mass is 358 g/mol. The van der Waals surface area contributed by atoms with Gasteiger partial charge in [-0.1, -0.05) is 6.92 Å². The SMILES string of the molecule is CCC(C)(C)C(=O)OC(C)(CCCC(F)(F)C(C)(F)F)C(=O)OC. The normalized spacial score (nSPS) is 15.6. The van der Waals surface area contributed by atoms with E-state index in [9.17, 15) is 27.2 Å². The maximum atomic E-state index is 13.3. The molecular weight excluding hydrogens is 332 g/mol. The van der Waals surface area contributed by atoms with Gasteiger partial charge in [-0.25, -0.2) is 13.6 Å². The van der Waals surface area contributed by atoms with Gasteiger partial charge in [0, 0.05) is 13.3 Å². The first kappa shape index (κ1) is 22.7. The number of methoxy groups -OCH3 is 1. The lowest BCUT2D eigenvalue weighted by molar-refractivity contribution is -0.204. The summed E-state index contributed by atoms with van der Waals surface area (Å²) >= 11 is 0. The topological polar surface area (TPSA) is 52.6 Å². The average molecular weight is 358 g/mol. The first-order valence-corrected chi connectivity index (χ1v) is 7.70. The van der Waals surface area contributed by atoms with E-state index in [-0.39, 0.29) is 13.3 Å². The number of halogens is 4. The Labute approximate surface area is 139 Å². The van der Waals surface area contributed by atoms with Crippen LogP contribution in [-0.2, 0) is 19.1 Å². The van der Waals surface area contributed by atoms with Crippen molar-refractivity contribution in [1.29, 1.82) is 0 Å². The molecule has 0 rings (SSSR count). The fraction of sp³-hybridized carbons (Fsp3) is 0.875. The summed E-state index contributed by atoms with van der Waals surface area (Å²) in [4.78, 5) is 24.1. The average Bonchev–Trinajstić information content (AvgIpc) is 2.44. The van der Waals surface area contributed by atoms with E-state index in [1.807, 2.05) is 0 Å². The third kappa shape index (κ3) is 5.63. The molecule has 0 fully saturated rings. The number of hydrogen-bond donors (Lipinski definition) is 0. The smallest absolute Gasteiger partial charge is 0.350 e. The van der Waals surface area contributed by atoms with E-state index in [0.29, 0.717) is 6.42 Å². The lowest BCUT2D eigenvalue weighted by atomic mass is 9.89. The summed E-state index contributed by atoms with van der Waals surface area (Å²) in [5, 5.41) is 0. The van der Waals surface area contributed by atoms with Crippen molar-refractivity contribution in [3.8, 4) is 0 Å². The van der Waals surface area contributed by atoms with Crippen LogP contribution in [-0.4, -0.2) is 36.5 Å². The molecule has 1 unspecified atom stereocenters. The van der Waals surface area contributed by atoms with Crippen molar-refractivity contribution >= 4 is 11.9 Å². The molecule has 0 aliphatic rings. The second-order valence-electron chi connectivity index (χ2n) is 6.80. The van der Waals surface area contributed by atoms with Gasteiger partial charge in [-0.15, -0.1) is 0 Å². The van der Waals surface area contributed by atoms with Gasteiger partial charge in [-0.2, -0.15) is 8.78 Å². The molecule has 0 N–H and O–H groups in total. The highest BCUT2D eigenvalue weighted by Gasteiger charge is 2.52. The van der Waals surface area contributed by atoms with Gasteiger partial charge < -0.3 is 9.47 Å². The molecule has 142 valence electrons. The summed E-state index contributed by atoms with van der Waals surface area (Å²) in [5.74, 6) is -9.99. The molecule has 0 aromatic heterocycles. The second kappa shape index (κ2) is 7.70. The van der Waals surface area contributed by atoms with Crippen molar-refractivity contribution < 1.29 is 36.6 Å². The molecule has 0 saturated heterocycles. The lowest BCUT2D eigenvalue weighted by Crippen LogP contribution is -2.45. The number of esters is 2. The Morgan fingerprint density at radius 1 is 0.917 bits per heavy atom. The second-order valence-corrected chi connectivity index (χ2v) is 6.80. The molecular formula is C16H26F4O4. The summed E-state index contributed by atoms with van der Waals surface area (Å²) in [6.07, 6.45) is -1.50. The van der Waals surface area contributed by atoms with Gasteiger partial charge in [0.2, 0.25) is 5.60 Å². The number of rotatable bonds is 9. The Kier molecular flexibility index (Phi) is 7.27. The fourth-order valence-corrected chi connectivity index (χ4v) is 1.76. The molecule has 1 atom stereocenters. The number of hydrogen-bond acceptors (Lipinski definition) is 4. The third-order valence-corrected chi connectivity index (χ3v) is 4.16. The van der Waals surface area contributed by atoms with E-state index >= 15 is 0 Å². The van der Waals surface area contributed by atoms with Crippen LogP contribution in [0.5, 0.6) is 0 Å². The van der Waals surface area contributed by atoms with Crippen molar-refractivity contribution in [1.82, 2.24) is 0 Å². The van der Waals surface area contributed by atoms with E-state index in [4.69, 9.17) is 4.74 Å². The zero-order valence-electron chi connectivity index (χ0n) is 15.0. The molecule has 0 aliphatic carbocycles. The molecule has 0 radical (unpaired) electrons. The largest absolute Gasteiger partial charge is 0.466 e. The number of ether oxygens (including phenoxy) is 2. The molecule has 0 aromatic carbocycles. The van der Waals surface area contributed by atoms with Crippen molar-refractivity contribution in [2.24, 2.45) is 5.41 Å². The first-order valence-electron chi connectivity index (χ1n) is 7.70. The van der Waals surface area contributed by atoms with E-state index < -0.39 is 47.6 Å². The van der Waals surface area contributed by atoms with Crippen LogP contribution >= 0.6 is 0 Å². The van der Waals surface area contributed by atoms with Gasteiger partial charge in [0.25, 0.3) is 0 Å². The highest BCUT2D eigenvalue weighted by molar-refractivity contribution is 5.84. The third-order valence-electron chi connectivity index (χ3n) is 4.16. The van der Waals surface area contributed by atoms with Crippen molar-refractivity contribution in [3.05, 3.63) is 0 Å².